The number of hydrogen-bond acceptors (Lipinski definition) is 6. The Morgan fingerprint density at radius 3 is 2.60 bits per heavy atom. The molecule has 128 valence electrons. The van der Waals surface area contributed by atoms with Gasteiger partial charge in [-0.1, -0.05) is 29.8 Å². The molecule has 0 saturated carbocycles. The van der Waals surface area contributed by atoms with Crippen LogP contribution in [0.5, 0.6) is 0 Å². The van der Waals surface area contributed by atoms with Crippen LogP contribution in [0.2, 0.25) is 5.02 Å². The Hall–Kier alpha value is -2.02. The summed E-state index contributed by atoms with van der Waals surface area (Å²) < 4.78 is 5.20. The van der Waals surface area contributed by atoms with Gasteiger partial charge < -0.3 is 4.74 Å². The number of ether oxygens (including phenoxy) is 1. The van der Waals surface area contributed by atoms with Crippen LogP contribution in [-0.4, -0.2) is 16.7 Å². The maximum atomic E-state index is 11.9. The van der Waals surface area contributed by atoms with Gasteiger partial charge in [-0.3, -0.25) is 9.59 Å². The molecule has 0 fully saturated rings. The predicted molar refractivity (Wildman–Crippen MR) is 100 cm³/mol. The van der Waals surface area contributed by atoms with Gasteiger partial charge in [-0.05, 0) is 23.6 Å². The minimum atomic E-state index is -0.397. The fourth-order valence-electron chi connectivity index (χ4n) is 2.10. The van der Waals surface area contributed by atoms with Crippen molar-refractivity contribution >= 4 is 46.0 Å². The second kappa shape index (κ2) is 8.38. The van der Waals surface area contributed by atoms with E-state index in [9.17, 15) is 9.59 Å². The largest absolute Gasteiger partial charge is 0.459 e. The first-order chi connectivity index (χ1) is 12.1. The van der Waals surface area contributed by atoms with Gasteiger partial charge in [0.15, 0.2) is 5.78 Å². The van der Waals surface area contributed by atoms with Gasteiger partial charge in [0.2, 0.25) is 0 Å². The molecule has 0 aliphatic carbocycles. The van der Waals surface area contributed by atoms with Crippen LogP contribution >= 0.6 is 34.3 Å². The van der Waals surface area contributed by atoms with Crippen molar-refractivity contribution in [1.29, 1.82) is 0 Å². The van der Waals surface area contributed by atoms with Crippen molar-refractivity contribution in [3.8, 4) is 10.6 Å². The summed E-state index contributed by atoms with van der Waals surface area (Å²) in [7, 11) is 0. The van der Waals surface area contributed by atoms with E-state index in [1.54, 1.807) is 6.07 Å². The lowest BCUT2D eigenvalue weighted by atomic mass is 10.2. The number of rotatable bonds is 7. The van der Waals surface area contributed by atoms with Gasteiger partial charge >= 0.3 is 5.97 Å². The van der Waals surface area contributed by atoms with Gasteiger partial charge in [-0.15, -0.1) is 22.7 Å². The van der Waals surface area contributed by atoms with Gasteiger partial charge in [0.25, 0.3) is 0 Å². The number of benzene rings is 1. The molecule has 0 unspecified atom stereocenters. The number of esters is 1. The van der Waals surface area contributed by atoms with E-state index in [0.29, 0.717) is 15.6 Å². The van der Waals surface area contributed by atoms with Crippen LogP contribution in [0.3, 0.4) is 0 Å². The van der Waals surface area contributed by atoms with Crippen LogP contribution < -0.4 is 0 Å². The van der Waals surface area contributed by atoms with E-state index in [-0.39, 0.29) is 25.2 Å². The number of nitrogens with zero attached hydrogens (tertiary/aromatic N) is 1. The summed E-state index contributed by atoms with van der Waals surface area (Å²) in [5.41, 5.74) is 1.65. The zero-order valence-electron chi connectivity index (χ0n) is 13.1. The van der Waals surface area contributed by atoms with Crippen molar-refractivity contribution in [1.82, 2.24) is 4.98 Å². The minimum Gasteiger partial charge on any atom is -0.459 e. The number of aromatic nitrogens is 1. The molecule has 3 aromatic rings. The molecular formula is C18H14ClNO3S2. The number of Topliss-reactive ketones (excluding diaryl/α,β-unsaturated/α-hetero) is 1. The van der Waals surface area contributed by atoms with Crippen molar-refractivity contribution in [2.75, 3.05) is 0 Å². The van der Waals surface area contributed by atoms with Gasteiger partial charge in [0, 0.05) is 22.4 Å². The van der Waals surface area contributed by atoms with Crippen molar-refractivity contribution in [2.45, 2.75) is 19.4 Å². The SMILES string of the molecule is O=C(CCC(=O)c1cccs1)OCc1csc(-c2ccc(Cl)cc2)n1. The van der Waals surface area contributed by atoms with Gasteiger partial charge in [0.05, 0.1) is 17.0 Å². The Morgan fingerprint density at radius 2 is 1.88 bits per heavy atom. The predicted octanol–water partition coefficient (Wildman–Crippen LogP) is 5.23. The van der Waals surface area contributed by atoms with E-state index in [2.05, 4.69) is 4.98 Å². The van der Waals surface area contributed by atoms with Crippen LogP contribution in [0.1, 0.15) is 28.2 Å². The fourth-order valence-corrected chi connectivity index (χ4v) is 3.73. The molecule has 0 N–H and O–H groups in total. The molecule has 25 heavy (non-hydrogen) atoms. The summed E-state index contributed by atoms with van der Waals surface area (Å²) in [5.74, 6) is -0.434. The zero-order valence-corrected chi connectivity index (χ0v) is 15.5. The Balaban J connectivity index is 1.48. The molecule has 0 saturated heterocycles. The van der Waals surface area contributed by atoms with Crippen molar-refractivity contribution in [3.05, 3.63) is 62.8 Å². The van der Waals surface area contributed by atoms with Crippen LogP contribution in [0.15, 0.2) is 47.2 Å². The Bertz CT molecular complexity index is 857. The van der Waals surface area contributed by atoms with Crippen LogP contribution in [-0.2, 0) is 16.1 Å². The zero-order chi connectivity index (χ0) is 17.6. The normalized spacial score (nSPS) is 10.6. The number of carbonyl (C=O) groups excluding carboxylic acids is 2. The van der Waals surface area contributed by atoms with Gasteiger partial charge in [0.1, 0.15) is 11.6 Å². The average Bonchev–Trinajstić information content (AvgIpc) is 3.30. The van der Waals surface area contributed by atoms with E-state index in [1.165, 1.54) is 22.7 Å². The first-order valence-electron chi connectivity index (χ1n) is 7.54. The smallest absolute Gasteiger partial charge is 0.306 e. The van der Waals surface area contributed by atoms with E-state index in [1.807, 2.05) is 41.1 Å². The van der Waals surface area contributed by atoms with E-state index in [4.69, 9.17) is 16.3 Å². The molecule has 0 atom stereocenters. The molecule has 0 aliphatic heterocycles. The number of thiophene rings is 1. The van der Waals surface area contributed by atoms with E-state index in [0.717, 1.165) is 10.6 Å². The molecule has 4 nitrogen and oxygen atoms in total. The molecule has 3 rings (SSSR count). The first kappa shape index (κ1) is 17.8. The summed E-state index contributed by atoms with van der Waals surface area (Å²) in [5, 5.41) is 5.21. The summed E-state index contributed by atoms with van der Waals surface area (Å²) >= 11 is 8.73. The third kappa shape index (κ3) is 4.98. The molecule has 0 spiro atoms. The molecule has 1 aromatic carbocycles. The molecule has 0 amide bonds. The lowest BCUT2D eigenvalue weighted by Crippen LogP contribution is -2.07. The molecule has 0 aliphatic rings. The number of hydrogen-bond donors (Lipinski definition) is 0. The summed E-state index contributed by atoms with van der Waals surface area (Å²) in [6, 6.07) is 11.0. The molecule has 2 aromatic heterocycles. The standard InChI is InChI=1S/C18H14ClNO3S2/c19-13-5-3-12(4-6-13)18-20-14(11-25-18)10-23-17(22)8-7-15(21)16-2-1-9-24-16/h1-6,9,11H,7-8,10H2. The van der Waals surface area contributed by atoms with Crippen molar-refractivity contribution in [3.63, 3.8) is 0 Å². The number of ketones is 1. The third-order valence-electron chi connectivity index (χ3n) is 3.38. The monoisotopic (exact) mass is 391 g/mol. The molecular weight excluding hydrogens is 378 g/mol. The van der Waals surface area contributed by atoms with Gasteiger partial charge in [-0.25, -0.2) is 4.98 Å². The topological polar surface area (TPSA) is 56.3 Å². The van der Waals surface area contributed by atoms with Crippen LogP contribution in [0.25, 0.3) is 10.6 Å². The third-order valence-corrected chi connectivity index (χ3v) is 5.48. The Labute approximate surface area is 158 Å². The van der Waals surface area contributed by atoms with Crippen molar-refractivity contribution < 1.29 is 14.3 Å². The van der Waals surface area contributed by atoms with Crippen LogP contribution in [0, 0.1) is 0 Å². The fraction of sp³-hybridized carbons (Fsp3) is 0.167. The highest BCUT2D eigenvalue weighted by Crippen LogP contribution is 2.25. The first-order valence-corrected chi connectivity index (χ1v) is 9.68. The Kier molecular flexibility index (Phi) is 5.96. The molecule has 0 radical (unpaired) electrons. The van der Waals surface area contributed by atoms with E-state index >= 15 is 0 Å². The van der Waals surface area contributed by atoms with E-state index < -0.39 is 5.97 Å². The Morgan fingerprint density at radius 1 is 1.08 bits per heavy atom. The minimum absolute atomic E-state index is 0.0365. The lowest BCUT2D eigenvalue weighted by molar-refractivity contribution is -0.145. The second-order valence-electron chi connectivity index (χ2n) is 5.21. The summed E-state index contributed by atoms with van der Waals surface area (Å²) in [6.45, 7) is 0.107. The highest BCUT2D eigenvalue weighted by atomic mass is 35.5. The maximum Gasteiger partial charge on any atom is 0.306 e. The number of thiazole rings is 1. The highest BCUT2D eigenvalue weighted by molar-refractivity contribution is 7.13. The maximum absolute atomic E-state index is 11.9. The second-order valence-corrected chi connectivity index (χ2v) is 7.45. The average molecular weight is 392 g/mol. The molecule has 0 bridgehead atoms. The summed E-state index contributed by atoms with van der Waals surface area (Å²) in [4.78, 5) is 28.8. The lowest BCUT2D eigenvalue weighted by Gasteiger charge is -2.02. The molecule has 2 heterocycles. The number of halogens is 1. The molecule has 7 heteroatoms. The summed E-state index contributed by atoms with van der Waals surface area (Å²) in [6.07, 6.45) is 0.233. The highest BCUT2D eigenvalue weighted by Gasteiger charge is 2.12. The number of carbonyl (C=O) groups is 2. The van der Waals surface area contributed by atoms with Gasteiger partial charge in [-0.2, -0.15) is 0 Å². The van der Waals surface area contributed by atoms with Crippen LogP contribution in [0.4, 0.5) is 0 Å². The van der Waals surface area contributed by atoms with Crippen molar-refractivity contribution in [2.24, 2.45) is 0 Å². The quantitative estimate of drug-likeness (QED) is 0.408.